The maximum absolute atomic E-state index is 5.63. The second-order valence-electron chi connectivity index (χ2n) is 3.63. The molecular weight excluding hydrogens is 180 g/mol. The van der Waals surface area contributed by atoms with Gasteiger partial charge in [0, 0.05) is 13.1 Å². The van der Waals surface area contributed by atoms with E-state index in [1.807, 2.05) is 0 Å². The third kappa shape index (κ3) is 1.98. The Hall–Kier alpha value is -1.23. The van der Waals surface area contributed by atoms with Gasteiger partial charge in [0.05, 0.1) is 18.4 Å². The molecule has 0 spiro atoms. The number of anilines is 1. The predicted octanol–water partition coefficient (Wildman–Crippen LogP) is 0.485. The van der Waals surface area contributed by atoms with Gasteiger partial charge in [-0.2, -0.15) is 5.10 Å². The van der Waals surface area contributed by atoms with Crippen LogP contribution in [0.2, 0.25) is 0 Å². The van der Waals surface area contributed by atoms with Crippen molar-refractivity contribution < 1.29 is 4.74 Å². The molecule has 2 heterocycles. The largest absolute Gasteiger partial charge is 0.372 e. The van der Waals surface area contributed by atoms with Crippen molar-refractivity contribution in [2.24, 2.45) is 0 Å². The lowest BCUT2D eigenvalue weighted by Crippen LogP contribution is -2.45. The molecule has 2 atom stereocenters. The standard InChI is InChI=1S/C9H14N4O/c1-7-4-13(5-8(2)14-7)9-3-11-12-6-10-9/h3,6-8H,4-5H2,1-2H3. The molecule has 5 nitrogen and oxygen atoms in total. The van der Waals surface area contributed by atoms with Crippen molar-refractivity contribution in [3.8, 4) is 0 Å². The summed E-state index contributed by atoms with van der Waals surface area (Å²) < 4.78 is 5.63. The fourth-order valence-electron chi connectivity index (χ4n) is 1.76. The molecule has 1 saturated heterocycles. The van der Waals surface area contributed by atoms with E-state index in [2.05, 4.69) is 33.9 Å². The minimum atomic E-state index is 0.244. The van der Waals surface area contributed by atoms with Crippen LogP contribution in [0.5, 0.6) is 0 Å². The van der Waals surface area contributed by atoms with Gasteiger partial charge >= 0.3 is 0 Å². The van der Waals surface area contributed by atoms with E-state index in [1.165, 1.54) is 6.33 Å². The summed E-state index contributed by atoms with van der Waals surface area (Å²) in [6.07, 6.45) is 3.65. The third-order valence-corrected chi connectivity index (χ3v) is 2.23. The van der Waals surface area contributed by atoms with Crippen molar-refractivity contribution in [1.29, 1.82) is 0 Å². The molecule has 0 saturated carbocycles. The Bertz CT molecular complexity index is 282. The minimum absolute atomic E-state index is 0.244. The number of ether oxygens (including phenoxy) is 1. The molecule has 1 aliphatic heterocycles. The topological polar surface area (TPSA) is 51.1 Å². The molecule has 0 bridgehead atoms. The molecule has 2 unspecified atom stereocenters. The van der Waals surface area contributed by atoms with Crippen LogP contribution in [0.3, 0.4) is 0 Å². The quantitative estimate of drug-likeness (QED) is 0.651. The Morgan fingerprint density at radius 2 is 2.00 bits per heavy atom. The average molecular weight is 194 g/mol. The molecule has 76 valence electrons. The molecule has 0 amide bonds. The third-order valence-electron chi connectivity index (χ3n) is 2.23. The molecule has 0 N–H and O–H groups in total. The summed E-state index contributed by atoms with van der Waals surface area (Å²) in [6, 6.07) is 0. The first-order valence-electron chi connectivity index (χ1n) is 4.79. The van der Waals surface area contributed by atoms with Gasteiger partial charge in [-0.3, -0.25) is 0 Å². The molecule has 1 aromatic rings. The van der Waals surface area contributed by atoms with Crippen LogP contribution in [0.15, 0.2) is 12.5 Å². The van der Waals surface area contributed by atoms with Crippen molar-refractivity contribution in [2.45, 2.75) is 26.1 Å². The van der Waals surface area contributed by atoms with Gasteiger partial charge in [0.2, 0.25) is 0 Å². The highest BCUT2D eigenvalue weighted by Crippen LogP contribution is 2.16. The Labute approximate surface area is 83.1 Å². The summed E-state index contributed by atoms with van der Waals surface area (Å²) >= 11 is 0. The van der Waals surface area contributed by atoms with Crippen molar-refractivity contribution in [3.63, 3.8) is 0 Å². The molecular formula is C9H14N4O. The van der Waals surface area contributed by atoms with E-state index >= 15 is 0 Å². The van der Waals surface area contributed by atoms with E-state index in [0.717, 1.165) is 18.9 Å². The molecule has 1 aromatic heterocycles. The monoisotopic (exact) mass is 194 g/mol. The summed E-state index contributed by atoms with van der Waals surface area (Å²) in [5.74, 6) is 0.877. The first-order valence-corrected chi connectivity index (χ1v) is 4.79. The molecule has 0 aliphatic carbocycles. The summed E-state index contributed by atoms with van der Waals surface area (Å²) in [5.41, 5.74) is 0. The van der Waals surface area contributed by atoms with Crippen molar-refractivity contribution in [2.75, 3.05) is 18.0 Å². The van der Waals surface area contributed by atoms with Gasteiger partial charge in [-0.05, 0) is 13.8 Å². The lowest BCUT2D eigenvalue weighted by molar-refractivity contribution is -0.00549. The highest BCUT2D eigenvalue weighted by molar-refractivity contribution is 5.35. The Balaban J connectivity index is 2.11. The number of hydrogen-bond acceptors (Lipinski definition) is 5. The summed E-state index contributed by atoms with van der Waals surface area (Å²) in [4.78, 5) is 6.34. The van der Waals surface area contributed by atoms with Gasteiger partial charge in [0.25, 0.3) is 0 Å². The van der Waals surface area contributed by atoms with Crippen molar-refractivity contribution >= 4 is 5.82 Å². The Morgan fingerprint density at radius 3 is 2.57 bits per heavy atom. The predicted molar refractivity (Wildman–Crippen MR) is 52.0 cm³/mol. The Morgan fingerprint density at radius 1 is 1.29 bits per heavy atom. The summed E-state index contributed by atoms with van der Waals surface area (Å²) in [5, 5.41) is 7.47. The SMILES string of the molecule is CC1CN(c2cnncn2)CC(C)O1. The van der Waals surface area contributed by atoms with E-state index in [9.17, 15) is 0 Å². The van der Waals surface area contributed by atoms with Crippen LogP contribution in [0.1, 0.15) is 13.8 Å². The Kier molecular flexibility index (Phi) is 2.58. The smallest absolute Gasteiger partial charge is 0.151 e. The number of nitrogens with zero attached hydrogens (tertiary/aromatic N) is 4. The maximum atomic E-state index is 5.63. The molecule has 0 aromatic carbocycles. The van der Waals surface area contributed by atoms with Crippen LogP contribution in [0.4, 0.5) is 5.82 Å². The number of aromatic nitrogens is 3. The zero-order valence-electron chi connectivity index (χ0n) is 8.42. The van der Waals surface area contributed by atoms with E-state index in [1.54, 1.807) is 6.20 Å². The number of rotatable bonds is 1. The number of morpholine rings is 1. The maximum Gasteiger partial charge on any atom is 0.151 e. The molecule has 2 rings (SSSR count). The first kappa shape index (κ1) is 9.33. The van der Waals surface area contributed by atoms with E-state index in [0.29, 0.717) is 0 Å². The first-order chi connectivity index (χ1) is 6.75. The molecule has 1 fully saturated rings. The van der Waals surface area contributed by atoms with E-state index in [4.69, 9.17) is 4.74 Å². The van der Waals surface area contributed by atoms with Gasteiger partial charge in [-0.15, -0.1) is 5.10 Å². The zero-order chi connectivity index (χ0) is 9.97. The molecule has 0 radical (unpaired) electrons. The summed E-state index contributed by atoms with van der Waals surface area (Å²) in [7, 11) is 0. The fraction of sp³-hybridized carbons (Fsp3) is 0.667. The van der Waals surface area contributed by atoms with Gasteiger partial charge in [-0.25, -0.2) is 4.98 Å². The van der Waals surface area contributed by atoms with Gasteiger partial charge in [-0.1, -0.05) is 0 Å². The van der Waals surface area contributed by atoms with Gasteiger partial charge in [0.1, 0.15) is 6.33 Å². The molecule has 14 heavy (non-hydrogen) atoms. The molecule has 1 aliphatic rings. The second-order valence-corrected chi connectivity index (χ2v) is 3.63. The average Bonchev–Trinajstić information content (AvgIpc) is 2.18. The highest BCUT2D eigenvalue weighted by atomic mass is 16.5. The van der Waals surface area contributed by atoms with Crippen LogP contribution < -0.4 is 4.90 Å². The van der Waals surface area contributed by atoms with Crippen LogP contribution in [-0.2, 0) is 4.74 Å². The van der Waals surface area contributed by atoms with Crippen LogP contribution >= 0.6 is 0 Å². The normalized spacial score (nSPS) is 27.7. The van der Waals surface area contributed by atoms with Crippen LogP contribution in [-0.4, -0.2) is 40.5 Å². The van der Waals surface area contributed by atoms with Crippen molar-refractivity contribution in [1.82, 2.24) is 15.2 Å². The highest BCUT2D eigenvalue weighted by Gasteiger charge is 2.22. The van der Waals surface area contributed by atoms with E-state index in [-0.39, 0.29) is 12.2 Å². The zero-order valence-corrected chi connectivity index (χ0v) is 8.42. The van der Waals surface area contributed by atoms with Crippen molar-refractivity contribution in [3.05, 3.63) is 12.5 Å². The lowest BCUT2D eigenvalue weighted by atomic mass is 10.2. The van der Waals surface area contributed by atoms with Gasteiger partial charge < -0.3 is 9.64 Å². The minimum Gasteiger partial charge on any atom is -0.372 e. The van der Waals surface area contributed by atoms with Crippen LogP contribution in [0, 0.1) is 0 Å². The lowest BCUT2D eigenvalue weighted by Gasteiger charge is -2.35. The fourth-order valence-corrected chi connectivity index (χ4v) is 1.76. The van der Waals surface area contributed by atoms with Crippen LogP contribution in [0.25, 0.3) is 0 Å². The van der Waals surface area contributed by atoms with E-state index < -0.39 is 0 Å². The number of hydrogen-bond donors (Lipinski definition) is 0. The molecule has 5 heteroatoms. The van der Waals surface area contributed by atoms with Gasteiger partial charge in [0.15, 0.2) is 5.82 Å². The second kappa shape index (κ2) is 3.88. The summed E-state index contributed by atoms with van der Waals surface area (Å²) in [6.45, 7) is 5.86.